The smallest absolute Gasteiger partial charge is 0.251 e. The van der Waals surface area contributed by atoms with E-state index < -0.39 is 36.9 Å². The van der Waals surface area contributed by atoms with Crippen molar-refractivity contribution in [1.29, 1.82) is 0 Å². The van der Waals surface area contributed by atoms with Crippen LogP contribution in [0.3, 0.4) is 0 Å². The summed E-state index contributed by atoms with van der Waals surface area (Å²) in [5, 5.41) is 7.05. The molecule has 3 aromatic carbocycles. The molecule has 0 spiro atoms. The molecule has 0 unspecified atom stereocenters. The minimum absolute atomic E-state index is 0.246. The highest BCUT2D eigenvalue weighted by Gasteiger charge is 2.22. The van der Waals surface area contributed by atoms with E-state index in [4.69, 9.17) is 0 Å². The summed E-state index contributed by atoms with van der Waals surface area (Å²) in [5.74, 6) is -1.66. The van der Waals surface area contributed by atoms with Gasteiger partial charge in [-0.25, -0.2) is 4.39 Å². The first-order chi connectivity index (χ1) is 14.1. The molecule has 0 saturated heterocycles. The Labute approximate surface area is 167 Å². The highest BCUT2D eigenvalue weighted by atomic mass is 19.1. The summed E-state index contributed by atoms with van der Waals surface area (Å²) in [5.41, 5.74) is 1.28. The molecule has 3 rings (SSSR count). The van der Waals surface area contributed by atoms with Gasteiger partial charge in [-0.05, 0) is 28.5 Å². The van der Waals surface area contributed by atoms with Gasteiger partial charge >= 0.3 is 0 Å². The number of halogens is 1. The van der Waals surface area contributed by atoms with E-state index in [1.165, 1.54) is 0 Å². The van der Waals surface area contributed by atoms with Gasteiger partial charge in [0.1, 0.15) is 12.7 Å². The molecule has 0 aliphatic rings. The molecule has 29 heavy (non-hydrogen) atoms. The van der Waals surface area contributed by atoms with E-state index >= 15 is 0 Å². The average molecular weight is 392 g/mol. The summed E-state index contributed by atoms with van der Waals surface area (Å²) in [4.78, 5) is 36.5. The van der Waals surface area contributed by atoms with E-state index in [2.05, 4.69) is 10.6 Å². The van der Waals surface area contributed by atoms with Gasteiger partial charge in [0.25, 0.3) is 5.91 Å². The van der Waals surface area contributed by atoms with Gasteiger partial charge in [-0.2, -0.15) is 0 Å². The lowest BCUT2D eigenvalue weighted by Crippen LogP contribution is -2.49. The molecular formula is C23H21FN2O3. The molecule has 0 fully saturated rings. The summed E-state index contributed by atoms with van der Waals surface area (Å²) in [6, 6.07) is 21.3. The number of fused-ring (bicyclic) bond motifs is 1. The van der Waals surface area contributed by atoms with Gasteiger partial charge in [0.05, 0.1) is 6.54 Å². The fraction of sp³-hybridized carbons (Fsp3) is 0.174. The van der Waals surface area contributed by atoms with Gasteiger partial charge in [-0.3, -0.25) is 14.4 Å². The fourth-order valence-electron chi connectivity index (χ4n) is 2.99. The van der Waals surface area contributed by atoms with Gasteiger partial charge in [0, 0.05) is 12.0 Å². The van der Waals surface area contributed by atoms with Crippen LogP contribution in [0, 0.1) is 0 Å². The molecule has 5 nitrogen and oxygen atoms in total. The SMILES string of the molecule is O=C(CF)CNC(=O)[C@H](Cc1ccccc1)NC(=O)c1ccc2ccccc2c1. The first-order valence-corrected chi connectivity index (χ1v) is 9.26. The second kappa shape index (κ2) is 9.59. The normalized spacial score (nSPS) is 11.6. The Morgan fingerprint density at radius 2 is 1.55 bits per heavy atom. The maximum atomic E-state index is 12.8. The van der Waals surface area contributed by atoms with Gasteiger partial charge in [-0.1, -0.05) is 60.7 Å². The highest BCUT2D eigenvalue weighted by Crippen LogP contribution is 2.16. The lowest BCUT2D eigenvalue weighted by atomic mass is 10.0. The zero-order valence-electron chi connectivity index (χ0n) is 15.7. The summed E-state index contributed by atoms with van der Waals surface area (Å²) in [7, 11) is 0. The van der Waals surface area contributed by atoms with Crippen LogP contribution in [0.15, 0.2) is 72.8 Å². The first kappa shape index (κ1) is 20.2. The molecule has 6 heteroatoms. The quantitative estimate of drug-likeness (QED) is 0.619. The van der Waals surface area contributed by atoms with Crippen LogP contribution in [0.5, 0.6) is 0 Å². The largest absolute Gasteiger partial charge is 0.347 e. The number of alkyl halides is 1. The number of benzene rings is 3. The number of ketones is 1. The zero-order valence-corrected chi connectivity index (χ0v) is 15.7. The van der Waals surface area contributed by atoms with Crippen molar-refractivity contribution in [2.75, 3.05) is 13.2 Å². The Kier molecular flexibility index (Phi) is 6.68. The molecule has 3 aromatic rings. The molecule has 0 heterocycles. The van der Waals surface area contributed by atoms with E-state index in [0.717, 1.165) is 16.3 Å². The third kappa shape index (κ3) is 5.48. The highest BCUT2D eigenvalue weighted by molar-refractivity contribution is 6.01. The predicted octanol–water partition coefficient (Wildman–Crippen LogP) is 2.84. The van der Waals surface area contributed by atoms with E-state index in [-0.39, 0.29) is 6.42 Å². The van der Waals surface area contributed by atoms with Crippen LogP contribution in [0.2, 0.25) is 0 Å². The standard InChI is InChI=1S/C23H21FN2O3/c24-14-20(27)15-25-23(29)21(12-16-6-2-1-3-7-16)26-22(28)19-11-10-17-8-4-5-9-18(17)13-19/h1-11,13,21H,12,14-15H2,(H,25,29)(H,26,28)/t21-/m0/s1. The number of hydrogen-bond donors (Lipinski definition) is 2. The Hall–Kier alpha value is -3.54. The van der Waals surface area contributed by atoms with Crippen molar-refractivity contribution in [2.45, 2.75) is 12.5 Å². The van der Waals surface area contributed by atoms with Crippen molar-refractivity contribution < 1.29 is 18.8 Å². The Morgan fingerprint density at radius 3 is 2.28 bits per heavy atom. The lowest BCUT2D eigenvalue weighted by Gasteiger charge is -2.18. The number of rotatable bonds is 8. The second-order valence-corrected chi connectivity index (χ2v) is 6.67. The lowest BCUT2D eigenvalue weighted by molar-refractivity contribution is -0.126. The van der Waals surface area contributed by atoms with Crippen LogP contribution >= 0.6 is 0 Å². The third-order valence-electron chi connectivity index (χ3n) is 4.52. The van der Waals surface area contributed by atoms with Crippen LogP contribution in [-0.4, -0.2) is 36.9 Å². The third-order valence-corrected chi connectivity index (χ3v) is 4.52. The number of Topliss-reactive ketones (excluding diaryl/α,β-unsaturated/α-hetero) is 1. The van der Waals surface area contributed by atoms with Crippen LogP contribution in [0.1, 0.15) is 15.9 Å². The summed E-state index contributed by atoms with van der Waals surface area (Å²) >= 11 is 0. The molecule has 0 aliphatic heterocycles. The van der Waals surface area contributed by atoms with Gasteiger partial charge in [0.2, 0.25) is 5.91 Å². The maximum absolute atomic E-state index is 12.8. The van der Waals surface area contributed by atoms with Crippen LogP contribution in [0.25, 0.3) is 10.8 Å². The molecule has 0 radical (unpaired) electrons. The van der Waals surface area contributed by atoms with Gasteiger partial charge in [-0.15, -0.1) is 0 Å². The van der Waals surface area contributed by atoms with Crippen molar-refractivity contribution in [3.8, 4) is 0 Å². The molecule has 0 aromatic heterocycles. The van der Waals surface area contributed by atoms with Crippen LogP contribution < -0.4 is 10.6 Å². The number of nitrogens with one attached hydrogen (secondary N) is 2. The molecule has 2 amide bonds. The van der Waals surface area contributed by atoms with Crippen LogP contribution in [-0.2, 0) is 16.0 Å². The van der Waals surface area contributed by atoms with Crippen molar-refractivity contribution in [1.82, 2.24) is 10.6 Å². The van der Waals surface area contributed by atoms with Crippen molar-refractivity contribution >= 4 is 28.4 Å². The fourth-order valence-corrected chi connectivity index (χ4v) is 2.99. The molecule has 2 N–H and O–H groups in total. The second-order valence-electron chi connectivity index (χ2n) is 6.67. The monoisotopic (exact) mass is 392 g/mol. The van der Waals surface area contributed by atoms with E-state index in [1.807, 2.05) is 60.7 Å². The predicted molar refractivity (Wildman–Crippen MR) is 109 cm³/mol. The molecule has 1 atom stereocenters. The first-order valence-electron chi connectivity index (χ1n) is 9.26. The number of hydrogen-bond acceptors (Lipinski definition) is 3. The molecule has 0 aliphatic carbocycles. The summed E-state index contributed by atoms with van der Waals surface area (Å²) < 4.78 is 12.4. The minimum Gasteiger partial charge on any atom is -0.347 e. The number of amides is 2. The Morgan fingerprint density at radius 1 is 0.862 bits per heavy atom. The van der Waals surface area contributed by atoms with Crippen LogP contribution in [0.4, 0.5) is 4.39 Å². The van der Waals surface area contributed by atoms with Crippen molar-refractivity contribution in [2.24, 2.45) is 0 Å². The molecular weight excluding hydrogens is 371 g/mol. The minimum atomic E-state index is -1.15. The average Bonchev–Trinajstić information content (AvgIpc) is 2.77. The zero-order chi connectivity index (χ0) is 20.6. The Balaban J connectivity index is 1.77. The number of carbonyl (C=O) groups is 3. The molecule has 0 bridgehead atoms. The molecule has 0 saturated carbocycles. The van der Waals surface area contributed by atoms with Crippen molar-refractivity contribution in [3.05, 3.63) is 83.9 Å². The topological polar surface area (TPSA) is 75.3 Å². The number of carbonyl (C=O) groups excluding carboxylic acids is 3. The van der Waals surface area contributed by atoms with Gasteiger partial charge < -0.3 is 10.6 Å². The summed E-state index contributed by atoms with van der Waals surface area (Å²) in [6.07, 6.45) is 0.246. The van der Waals surface area contributed by atoms with Crippen molar-refractivity contribution in [3.63, 3.8) is 0 Å². The molecule has 148 valence electrons. The van der Waals surface area contributed by atoms with E-state index in [1.54, 1.807) is 12.1 Å². The van der Waals surface area contributed by atoms with E-state index in [0.29, 0.717) is 5.56 Å². The van der Waals surface area contributed by atoms with E-state index in [9.17, 15) is 18.8 Å². The summed E-state index contributed by atoms with van der Waals surface area (Å²) in [6.45, 7) is -1.56. The Bertz CT molecular complexity index is 1020. The van der Waals surface area contributed by atoms with Gasteiger partial charge in [0.15, 0.2) is 5.78 Å². The maximum Gasteiger partial charge on any atom is 0.251 e.